The molecule has 0 aromatic carbocycles. The normalized spacial score (nSPS) is 27.9. The molecule has 0 saturated carbocycles. The first-order valence-electron chi connectivity index (χ1n) is 10.7. The Kier molecular flexibility index (Phi) is 5.98. The number of alkyl halides is 3. The molecule has 2 atom stereocenters. The minimum absolute atomic E-state index is 0.0375. The number of hydrazine groups is 1. The maximum atomic E-state index is 14.0. The van der Waals surface area contributed by atoms with Gasteiger partial charge >= 0.3 is 0 Å². The SMILES string of the molecule is CNN(CC1C=CC=CC1(C)Cl)c1nc(NC2(C)COC2)nc(N2CCC(F)(F)C2)c1N. The van der Waals surface area contributed by atoms with Crippen LogP contribution in [0.5, 0.6) is 0 Å². The number of rotatable bonds is 7. The molecule has 0 bridgehead atoms. The number of allylic oxidation sites excluding steroid dienone is 3. The fourth-order valence-electron chi connectivity index (χ4n) is 4.09. The number of nitrogens with zero attached hydrogens (tertiary/aromatic N) is 4. The van der Waals surface area contributed by atoms with Crippen molar-refractivity contribution in [3.05, 3.63) is 24.3 Å². The Morgan fingerprint density at radius 1 is 1.31 bits per heavy atom. The summed E-state index contributed by atoms with van der Waals surface area (Å²) in [4.78, 5) is 10.1. The van der Waals surface area contributed by atoms with Crippen LogP contribution in [0.25, 0.3) is 0 Å². The molecular formula is C21H30ClF2N7O. The summed E-state index contributed by atoms with van der Waals surface area (Å²) in [5.74, 6) is -1.79. The van der Waals surface area contributed by atoms with Gasteiger partial charge in [0.1, 0.15) is 5.69 Å². The number of ether oxygens (including phenoxy) is 1. The second kappa shape index (κ2) is 8.31. The summed E-state index contributed by atoms with van der Waals surface area (Å²) in [6.07, 6.45) is 7.61. The largest absolute Gasteiger partial charge is 0.393 e. The lowest BCUT2D eigenvalue weighted by Crippen LogP contribution is -2.53. The van der Waals surface area contributed by atoms with Crippen LogP contribution in [0.15, 0.2) is 24.3 Å². The van der Waals surface area contributed by atoms with E-state index in [1.54, 1.807) is 12.1 Å². The number of nitrogens with one attached hydrogen (secondary N) is 2. The number of anilines is 4. The lowest BCUT2D eigenvalue weighted by molar-refractivity contribution is -0.0322. The summed E-state index contributed by atoms with van der Waals surface area (Å²) < 4.78 is 33.2. The monoisotopic (exact) mass is 469 g/mol. The van der Waals surface area contributed by atoms with Crippen molar-refractivity contribution in [2.75, 3.05) is 60.9 Å². The Labute approximate surface area is 191 Å². The van der Waals surface area contributed by atoms with Gasteiger partial charge in [-0.25, -0.2) is 14.2 Å². The van der Waals surface area contributed by atoms with Gasteiger partial charge in [0, 0.05) is 32.5 Å². The molecule has 4 N–H and O–H groups in total. The summed E-state index contributed by atoms with van der Waals surface area (Å²) >= 11 is 6.70. The molecule has 2 unspecified atom stereocenters. The first kappa shape index (κ1) is 23.0. The molecule has 0 amide bonds. The Bertz CT molecular complexity index is 920. The van der Waals surface area contributed by atoms with Crippen LogP contribution in [0.4, 0.5) is 32.1 Å². The standard InChI is InChI=1S/C21H30ClF2N7O/c1-19(12-32-13-19)29-18-27-16(30-9-8-21(23,24)11-30)15(25)17(28-18)31(26-3)10-14-6-4-5-7-20(14,2)22/h4-7,14,26H,8-13,25H2,1-3H3,(H,27,28,29). The molecular weight excluding hydrogens is 440 g/mol. The fraction of sp³-hybridized carbons (Fsp3) is 0.619. The highest BCUT2D eigenvalue weighted by Crippen LogP contribution is 2.38. The van der Waals surface area contributed by atoms with E-state index in [9.17, 15) is 8.78 Å². The second-order valence-electron chi connectivity index (χ2n) is 9.15. The quantitative estimate of drug-likeness (QED) is 0.415. The number of halogens is 3. The number of hydrogen-bond acceptors (Lipinski definition) is 8. The number of aromatic nitrogens is 2. The zero-order chi connectivity index (χ0) is 23.1. The topological polar surface area (TPSA) is 91.6 Å². The molecule has 1 aromatic rings. The van der Waals surface area contributed by atoms with Crippen LogP contribution >= 0.6 is 11.6 Å². The van der Waals surface area contributed by atoms with E-state index < -0.39 is 17.3 Å². The summed E-state index contributed by atoms with van der Waals surface area (Å²) in [5.41, 5.74) is 9.51. The average Bonchev–Trinajstić information content (AvgIpc) is 3.06. The minimum Gasteiger partial charge on any atom is -0.393 e. The van der Waals surface area contributed by atoms with E-state index in [0.29, 0.717) is 37.3 Å². The van der Waals surface area contributed by atoms with Crippen molar-refractivity contribution in [3.8, 4) is 0 Å². The van der Waals surface area contributed by atoms with Crippen molar-refractivity contribution in [2.24, 2.45) is 5.92 Å². The van der Waals surface area contributed by atoms with Gasteiger partial charge < -0.3 is 20.7 Å². The molecule has 1 aliphatic carbocycles. The van der Waals surface area contributed by atoms with E-state index >= 15 is 0 Å². The molecule has 11 heteroatoms. The first-order chi connectivity index (χ1) is 15.0. The third kappa shape index (κ3) is 4.62. The molecule has 176 valence electrons. The third-order valence-electron chi connectivity index (χ3n) is 6.14. The molecule has 2 saturated heterocycles. The second-order valence-corrected chi connectivity index (χ2v) is 9.96. The van der Waals surface area contributed by atoms with Crippen LogP contribution in [0.3, 0.4) is 0 Å². The Morgan fingerprint density at radius 3 is 2.62 bits per heavy atom. The van der Waals surface area contributed by atoms with Crippen molar-refractivity contribution in [2.45, 2.75) is 36.6 Å². The van der Waals surface area contributed by atoms with Crippen molar-refractivity contribution in [1.29, 1.82) is 0 Å². The molecule has 2 aliphatic heterocycles. The van der Waals surface area contributed by atoms with E-state index in [2.05, 4.69) is 20.7 Å². The molecule has 3 heterocycles. The molecule has 0 spiro atoms. The van der Waals surface area contributed by atoms with Gasteiger partial charge in [-0.1, -0.05) is 24.3 Å². The maximum Gasteiger partial charge on any atom is 0.266 e. The van der Waals surface area contributed by atoms with Crippen LogP contribution in [0.1, 0.15) is 20.3 Å². The minimum atomic E-state index is -2.78. The smallest absolute Gasteiger partial charge is 0.266 e. The zero-order valence-corrected chi connectivity index (χ0v) is 19.3. The number of nitrogen functional groups attached to an aromatic ring is 1. The molecule has 2 fully saturated rings. The van der Waals surface area contributed by atoms with E-state index in [0.717, 1.165) is 0 Å². The average molecular weight is 470 g/mol. The maximum absolute atomic E-state index is 14.0. The van der Waals surface area contributed by atoms with E-state index in [1.807, 2.05) is 38.2 Å². The van der Waals surface area contributed by atoms with Crippen LogP contribution in [0.2, 0.25) is 0 Å². The van der Waals surface area contributed by atoms with E-state index in [1.165, 1.54) is 4.90 Å². The molecule has 1 aromatic heterocycles. The predicted molar refractivity (Wildman–Crippen MR) is 124 cm³/mol. The van der Waals surface area contributed by atoms with E-state index in [-0.39, 0.29) is 30.1 Å². The van der Waals surface area contributed by atoms with Gasteiger partial charge in [-0.15, -0.1) is 11.6 Å². The van der Waals surface area contributed by atoms with Gasteiger partial charge in [-0.3, -0.25) is 5.01 Å². The van der Waals surface area contributed by atoms with Gasteiger partial charge in [0.15, 0.2) is 11.6 Å². The highest BCUT2D eigenvalue weighted by molar-refractivity contribution is 6.25. The lowest BCUT2D eigenvalue weighted by Gasteiger charge is -2.39. The van der Waals surface area contributed by atoms with Gasteiger partial charge in [0.25, 0.3) is 5.92 Å². The molecule has 4 rings (SSSR count). The van der Waals surface area contributed by atoms with Crippen LogP contribution in [-0.2, 0) is 4.74 Å². The van der Waals surface area contributed by atoms with Crippen molar-refractivity contribution >= 4 is 34.9 Å². The molecule has 3 aliphatic rings. The van der Waals surface area contributed by atoms with Crippen molar-refractivity contribution in [1.82, 2.24) is 15.4 Å². The lowest BCUT2D eigenvalue weighted by atomic mass is 9.89. The van der Waals surface area contributed by atoms with Crippen LogP contribution < -0.4 is 26.4 Å². The summed E-state index contributed by atoms with van der Waals surface area (Å²) in [6, 6.07) is 0. The van der Waals surface area contributed by atoms with Gasteiger partial charge in [0.05, 0.1) is 30.2 Å². The van der Waals surface area contributed by atoms with Gasteiger partial charge in [-0.2, -0.15) is 9.97 Å². The number of hydrogen-bond donors (Lipinski definition) is 3. The van der Waals surface area contributed by atoms with Crippen LogP contribution in [-0.4, -0.2) is 66.2 Å². The molecule has 8 nitrogen and oxygen atoms in total. The molecule has 0 radical (unpaired) electrons. The summed E-state index contributed by atoms with van der Waals surface area (Å²) in [6.45, 7) is 5.16. The highest BCUT2D eigenvalue weighted by atomic mass is 35.5. The first-order valence-corrected chi connectivity index (χ1v) is 11.1. The Balaban J connectivity index is 1.69. The van der Waals surface area contributed by atoms with Gasteiger partial charge in [-0.05, 0) is 13.8 Å². The fourth-order valence-corrected chi connectivity index (χ4v) is 4.30. The summed E-state index contributed by atoms with van der Waals surface area (Å²) in [7, 11) is 1.76. The molecule has 32 heavy (non-hydrogen) atoms. The van der Waals surface area contributed by atoms with Crippen molar-refractivity contribution < 1.29 is 13.5 Å². The highest BCUT2D eigenvalue weighted by Gasteiger charge is 2.41. The van der Waals surface area contributed by atoms with Gasteiger partial charge in [0.2, 0.25) is 5.95 Å². The third-order valence-corrected chi connectivity index (χ3v) is 6.54. The Hall–Kier alpha value is -2.17. The van der Waals surface area contributed by atoms with Crippen LogP contribution in [0, 0.1) is 5.92 Å². The predicted octanol–water partition coefficient (Wildman–Crippen LogP) is 2.79. The van der Waals surface area contributed by atoms with Crippen molar-refractivity contribution in [3.63, 3.8) is 0 Å². The van der Waals surface area contributed by atoms with E-state index in [4.69, 9.17) is 22.1 Å². The Morgan fingerprint density at radius 2 is 2.06 bits per heavy atom. The summed E-state index contributed by atoms with van der Waals surface area (Å²) in [5, 5.41) is 5.07. The zero-order valence-electron chi connectivity index (χ0n) is 18.5. The number of nitrogens with two attached hydrogens (primary N) is 1.